The molecular formula is C42H65N5O7. The second-order valence-electron chi connectivity index (χ2n) is 16.2. The molecular weight excluding hydrogens is 686 g/mol. The van der Waals surface area contributed by atoms with Gasteiger partial charge in [0.1, 0.15) is 11.6 Å². The highest BCUT2D eigenvalue weighted by Gasteiger charge is 2.31. The van der Waals surface area contributed by atoms with Crippen LogP contribution in [0.25, 0.3) is 0 Å². The zero-order chi connectivity index (χ0) is 39.7. The number of rotatable bonds is 20. The van der Waals surface area contributed by atoms with Crippen molar-refractivity contribution in [2.24, 2.45) is 17.6 Å². The number of amides is 4. The molecule has 0 heterocycles. The average molecular weight is 752 g/mol. The number of aliphatic hydroxyl groups excluding tert-OH is 2. The molecule has 4 amide bonds. The third-order valence-corrected chi connectivity index (χ3v) is 9.70. The monoisotopic (exact) mass is 751 g/mol. The molecule has 2 aromatic carbocycles. The number of alkyl carbamates (subject to hydrolysis) is 1. The van der Waals surface area contributed by atoms with Crippen LogP contribution in [0.2, 0.25) is 0 Å². The molecule has 0 radical (unpaired) electrons. The first-order valence-electron chi connectivity index (χ1n) is 19.7. The first-order chi connectivity index (χ1) is 25.6. The molecule has 54 heavy (non-hydrogen) atoms. The van der Waals surface area contributed by atoms with Crippen LogP contribution in [0.15, 0.2) is 54.6 Å². The molecule has 0 aromatic heterocycles. The van der Waals surface area contributed by atoms with E-state index in [1.807, 2.05) is 68.4 Å². The van der Waals surface area contributed by atoms with E-state index in [1.165, 1.54) is 0 Å². The van der Waals surface area contributed by atoms with Gasteiger partial charge in [-0.1, -0.05) is 101 Å². The quantitative estimate of drug-likeness (QED) is 0.101. The van der Waals surface area contributed by atoms with Crippen molar-refractivity contribution >= 4 is 23.8 Å². The summed E-state index contributed by atoms with van der Waals surface area (Å²) in [5.41, 5.74) is 7.79. The van der Waals surface area contributed by atoms with Gasteiger partial charge >= 0.3 is 6.09 Å². The topological polar surface area (TPSA) is 192 Å². The fourth-order valence-electron chi connectivity index (χ4n) is 6.93. The van der Waals surface area contributed by atoms with Gasteiger partial charge in [-0.3, -0.25) is 14.4 Å². The normalized spacial score (nSPS) is 16.4. The molecule has 12 heteroatoms. The lowest BCUT2D eigenvalue weighted by Gasteiger charge is -2.31. The maximum absolute atomic E-state index is 13.4. The number of hydrogen-bond donors (Lipinski definition) is 7. The fraction of sp³-hybridized carbons (Fsp3) is 0.619. The summed E-state index contributed by atoms with van der Waals surface area (Å²) in [6.45, 7) is 9.89. The van der Waals surface area contributed by atoms with Gasteiger partial charge in [-0.2, -0.15) is 0 Å². The minimum Gasteiger partial charge on any atom is -0.444 e. The third-order valence-electron chi connectivity index (χ3n) is 9.70. The zero-order valence-electron chi connectivity index (χ0n) is 32.9. The standard InChI is InChI=1S/C42H65N5O7/c1-28(2)21-35(40(52)44-27-32-18-12-17-31(22-32)26-43)46-39(51)25-37(49)34(24-30-15-10-7-11-16-30)45-38(50)20-19-36(48)33(23-29-13-8-6-9-14-29)47-41(53)54-42(3,4)5/h6,8-9,12-14,17-18,22,28,30,33-37,48-49H,7,10-11,15-16,19-21,23-27,43H2,1-5H3,(H,44,52)(H,45,50)(H,46,51)(H,47,53)/t33-,34?,35-,36?,37?/m0/s1. The minimum atomic E-state index is -1.19. The first kappa shape index (κ1) is 44.4. The summed E-state index contributed by atoms with van der Waals surface area (Å²) < 4.78 is 5.43. The highest BCUT2D eigenvalue weighted by molar-refractivity contribution is 5.87. The maximum Gasteiger partial charge on any atom is 0.407 e. The lowest BCUT2D eigenvalue weighted by atomic mass is 9.83. The molecule has 1 aliphatic rings. The van der Waals surface area contributed by atoms with Crippen LogP contribution < -0.4 is 27.0 Å². The summed E-state index contributed by atoms with van der Waals surface area (Å²) in [6, 6.07) is 14.9. The van der Waals surface area contributed by atoms with Crippen LogP contribution in [0.4, 0.5) is 4.79 Å². The molecule has 300 valence electrons. The Morgan fingerprint density at radius 2 is 1.50 bits per heavy atom. The number of aliphatic hydroxyl groups is 2. The Balaban J connectivity index is 1.64. The van der Waals surface area contributed by atoms with Gasteiger partial charge in [-0.15, -0.1) is 0 Å². The van der Waals surface area contributed by atoms with Crippen LogP contribution in [0.5, 0.6) is 0 Å². The van der Waals surface area contributed by atoms with E-state index >= 15 is 0 Å². The van der Waals surface area contributed by atoms with E-state index in [-0.39, 0.29) is 49.5 Å². The van der Waals surface area contributed by atoms with Crippen molar-refractivity contribution in [3.8, 4) is 0 Å². The highest BCUT2D eigenvalue weighted by atomic mass is 16.6. The largest absolute Gasteiger partial charge is 0.444 e. The van der Waals surface area contributed by atoms with Crippen LogP contribution in [-0.2, 0) is 38.6 Å². The summed E-state index contributed by atoms with van der Waals surface area (Å²) >= 11 is 0. The van der Waals surface area contributed by atoms with Crippen molar-refractivity contribution in [2.45, 2.75) is 154 Å². The van der Waals surface area contributed by atoms with Crippen LogP contribution in [0, 0.1) is 11.8 Å². The number of carbonyl (C=O) groups excluding carboxylic acids is 4. The van der Waals surface area contributed by atoms with Gasteiger partial charge < -0.3 is 42.0 Å². The molecule has 1 fully saturated rings. The smallest absolute Gasteiger partial charge is 0.407 e. The van der Waals surface area contributed by atoms with Gasteiger partial charge in [0.25, 0.3) is 0 Å². The Kier molecular flexibility index (Phi) is 18.4. The molecule has 3 unspecified atom stereocenters. The van der Waals surface area contributed by atoms with Gasteiger partial charge in [-0.25, -0.2) is 4.79 Å². The van der Waals surface area contributed by atoms with Gasteiger partial charge in [0, 0.05) is 19.5 Å². The van der Waals surface area contributed by atoms with Crippen molar-refractivity contribution in [2.75, 3.05) is 0 Å². The van der Waals surface area contributed by atoms with Gasteiger partial charge in [-0.05, 0) is 75.0 Å². The molecule has 1 aliphatic carbocycles. The second-order valence-corrected chi connectivity index (χ2v) is 16.2. The molecule has 3 rings (SSSR count). The lowest BCUT2D eigenvalue weighted by molar-refractivity contribution is -0.131. The van der Waals surface area contributed by atoms with Crippen molar-refractivity contribution < 1.29 is 34.1 Å². The zero-order valence-corrected chi connectivity index (χ0v) is 32.9. The van der Waals surface area contributed by atoms with Gasteiger partial charge in [0.15, 0.2) is 0 Å². The van der Waals surface area contributed by atoms with E-state index in [0.717, 1.165) is 48.8 Å². The Bertz CT molecular complexity index is 1460. The van der Waals surface area contributed by atoms with Crippen LogP contribution in [0.3, 0.4) is 0 Å². The molecule has 0 aliphatic heterocycles. The Morgan fingerprint density at radius 3 is 2.15 bits per heavy atom. The molecule has 8 N–H and O–H groups in total. The summed E-state index contributed by atoms with van der Waals surface area (Å²) in [6.07, 6.45) is 3.28. The molecule has 2 aromatic rings. The average Bonchev–Trinajstić information content (AvgIpc) is 3.12. The van der Waals surface area contributed by atoms with Crippen LogP contribution >= 0.6 is 0 Å². The van der Waals surface area contributed by atoms with E-state index in [2.05, 4.69) is 21.3 Å². The van der Waals surface area contributed by atoms with E-state index in [1.54, 1.807) is 20.8 Å². The SMILES string of the molecule is CC(C)C[C@H](NC(=O)CC(O)C(CC1CCCCC1)NC(=O)CCC(O)[C@H](Cc1ccccc1)NC(=O)OC(C)(C)C)C(=O)NCc1cccc(CN)c1. The number of ether oxygens (including phenoxy) is 1. The predicted octanol–water partition coefficient (Wildman–Crippen LogP) is 4.78. The van der Waals surface area contributed by atoms with Crippen molar-refractivity contribution in [1.29, 1.82) is 0 Å². The molecule has 1 saturated carbocycles. The molecule has 0 bridgehead atoms. The Morgan fingerprint density at radius 1 is 0.833 bits per heavy atom. The van der Waals surface area contributed by atoms with Crippen molar-refractivity contribution in [3.05, 3.63) is 71.3 Å². The van der Waals surface area contributed by atoms with Crippen molar-refractivity contribution in [3.63, 3.8) is 0 Å². The number of benzene rings is 2. The van der Waals surface area contributed by atoms with Crippen molar-refractivity contribution in [1.82, 2.24) is 21.3 Å². The number of hydrogen-bond acceptors (Lipinski definition) is 8. The van der Waals surface area contributed by atoms with E-state index in [0.29, 0.717) is 25.8 Å². The summed E-state index contributed by atoms with van der Waals surface area (Å²) in [5, 5.41) is 34.1. The predicted molar refractivity (Wildman–Crippen MR) is 210 cm³/mol. The highest BCUT2D eigenvalue weighted by Crippen LogP contribution is 2.28. The third kappa shape index (κ3) is 17.0. The minimum absolute atomic E-state index is 0.0500. The molecule has 12 nitrogen and oxygen atoms in total. The molecule has 5 atom stereocenters. The van der Waals surface area contributed by atoms with E-state index in [9.17, 15) is 29.4 Å². The number of nitrogens with one attached hydrogen (secondary N) is 4. The number of carbonyl (C=O) groups is 4. The number of nitrogens with two attached hydrogens (primary N) is 1. The van der Waals surface area contributed by atoms with E-state index in [4.69, 9.17) is 10.5 Å². The fourth-order valence-corrected chi connectivity index (χ4v) is 6.93. The maximum atomic E-state index is 13.4. The molecule has 0 spiro atoms. The Labute approximate surface area is 321 Å². The van der Waals surface area contributed by atoms with Gasteiger partial charge in [0.05, 0.1) is 30.7 Å². The van der Waals surface area contributed by atoms with Crippen LogP contribution in [0.1, 0.15) is 116 Å². The van der Waals surface area contributed by atoms with Gasteiger partial charge in [0.2, 0.25) is 17.7 Å². The lowest BCUT2D eigenvalue weighted by Crippen LogP contribution is -2.50. The first-order valence-corrected chi connectivity index (χ1v) is 19.7. The summed E-state index contributed by atoms with van der Waals surface area (Å²) in [5.74, 6) is -0.767. The Hall–Kier alpha value is -4.00. The molecule has 0 saturated heterocycles. The second kappa shape index (κ2) is 22.4. The summed E-state index contributed by atoms with van der Waals surface area (Å²) in [4.78, 5) is 52.6. The van der Waals surface area contributed by atoms with E-state index < -0.39 is 47.9 Å². The summed E-state index contributed by atoms with van der Waals surface area (Å²) in [7, 11) is 0. The van der Waals surface area contributed by atoms with Crippen LogP contribution in [-0.4, -0.2) is 70.0 Å².